The number of carbonyl (C=O) groups excluding carboxylic acids is 1. The quantitative estimate of drug-likeness (QED) is 0.730. The smallest absolute Gasteiger partial charge is 0.310 e. The van der Waals surface area contributed by atoms with Gasteiger partial charge in [-0.1, -0.05) is 13.8 Å². The molecule has 17 heavy (non-hydrogen) atoms. The second-order valence-electron chi connectivity index (χ2n) is 5.42. The number of nitrogens with one attached hydrogen (secondary N) is 1. The average Bonchev–Trinajstić information content (AvgIpc) is 2.70. The van der Waals surface area contributed by atoms with Gasteiger partial charge < -0.3 is 15.0 Å². The second-order valence-corrected chi connectivity index (χ2v) is 5.42. The topological polar surface area (TPSA) is 41.6 Å². The Morgan fingerprint density at radius 3 is 2.47 bits per heavy atom. The number of hydrogen-bond donors (Lipinski definition) is 1. The van der Waals surface area contributed by atoms with E-state index < -0.39 is 0 Å². The van der Waals surface area contributed by atoms with Crippen LogP contribution in [0.2, 0.25) is 0 Å². The summed E-state index contributed by atoms with van der Waals surface area (Å²) < 4.78 is 4.95. The van der Waals surface area contributed by atoms with E-state index in [-0.39, 0.29) is 17.9 Å². The van der Waals surface area contributed by atoms with Crippen molar-refractivity contribution in [2.24, 2.45) is 17.8 Å². The Morgan fingerprint density at radius 1 is 1.47 bits per heavy atom. The van der Waals surface area contributed by atoms with Crippen molar-refractivity contribution in [3.8, 4) is 0 Å². The molecule has 0 saturated carbocycles. The van der Waals surface area contributed by atoms with E-state index in [1.54, 1.807) is 0 Å². The number of nitrogens with zero attached hydrogens (tertiary/aromatic N) is 1. The lowest BCUT2D eigenvalue weighted by Gasteiger charge is -2.32. The summed E-state index contributed by atoms with van der Waals surface area (Å²) in [6.07, 6.45) is 1.15. The highest BCUT2D eigenvalue weighted by atomic mass is 16.5. The zero-order chi connectivity index (χ0) is 13.0. The predicted octanol–water partition coefficient (Wildman–Crippen LogP) is 0.971. The maximum atomic E-state index is 11.9. The van der Waals surface area contributed by atoms with E-state index in [0.717, 1.165) is 19.5 Å². The minimum absolute atomic E-state index is 0.0542. The van der Waals surface area contributed by atoms with Crippen LogP contribution in [0.5, 0.6) is 0 Å². The summed E-state index contributed by atoms with van der Waals surface area (Å²) in [4.78, 5) is 14.2. The molecule has 0 spiro atoms. The van der Waals surface area contributed by atoms with Crippen molar-refractivity contribution in [2.45, 2.75) is 26.3 Å². The Kier molecular flexibility index (Phi) is 5.40. The fraction of sp³-hybridized carbons (Fsp3) is 0.923. The van der Waals surface area contributed by atoms with Crippen LogP contribution >= 0.6 is 0 Å². The number of ether oxygens (including phenoxy) is 1. The molecule has 0 aromatic heterocycles. The lowest BCUT2D eigenvalue weighted by atomic mass is 9.81. The van der Waals surface area contributed by atoms with E-state index in [2.05, 4.69) is 31.1 Å². The molecule has 1 saturated heterocycles. The second kappa shape index (κ2) is 6.36. The van der Waals surface area contributed by atoms with Gasteiger partial charge in [0.1, 0.15) is 0 Å². The summed E-state index contributed by atoms with van der Waals surface area (Å²) in [5.41, 5.74) is 0. The molecule has 1 aliphatic heterocycles. The molecule has 4 heteroatoms. The van der Waals surface area contributed by atoms with Gasteiger partial charge in [-0.25, -0.2) is 0 Å². The highest BCUT2D eigenvalue weighted by Gasteiger charge is 2.38. The van der Waals surface area contributed by atoms with Gasteiger partial charge in [0.15, 0.2) is 0 Å². The van der Waals surface area contributed by atoms with Crippen LogP contribution in [0.4, 0.5) is 0 Å². The highest BCUT2D eigenvalue weighted by molar-refractivity contribution is 5.73. The number of esters is 1. The Balaban J connectivity index is 2.78. The van der Waals surface area contributed by atoms with Gasteiger partial charge in [-0.05, 0) is 38.9 Å². The molecule has 1 aliphatic rings. The van der Waals surface area contributed by atoms with Crippen LogP contribution in [0.1, 0.15) is 20.3 Å². The maximum absolute atomic E-state index is 11.9. The van der Waals surface area contributed by atoms with E-state index in [0.29, 0.717) is 11.8 Å². The molecule has 0 radical (unpaired) electrons. The largest absolute Gasteiger partial charge is 0.469 e. The van der Waals surface area contributed by atoms with Gasteiger partial charge in [0.25, 0.3) is 0 Å². The van der Waals surface area contributed by atoms with Crippen molar-refractivity contribution in [3.63, 3.8) is 0 Å². The Hall–Kier alpha value is -0.610. The Labute approximate surface area is 105 Å². The summed E-state index contributed by atoms with van der Waals surface area (Å²) in [5, 5.41) is 3.33. The van der Waals surface area contributed by atoms with E-state index in [1.165, 1.54) is 7.11 Å². The molecule has 0 amide bonds. The van der Waals surface area contributed by atoms with Gasteiger partial charge in [-0.3, -0.25) is 4.79 Å². The number of hydrogen-bond acceptors (Lipinski definition) is 4. The molecule has 1 rings (SSSR count). The Bertz CT molecular complexity index is 256. The van der Waals surface area contributed by atoms with Crippen LogP contribution in [0.15, 0.2) is 0 Å². The van der Waals surface area contributed by atoms with Gasteiger partial charge in [0.05, 0.1) is 13.0 Å². The normalized spacial score (nSPS) is 24.9. The Morgan fingerprint density at radius 2 is 2.12 bits per heavy atom. The minimum atomic E-state index is -0.0890. The molecule has 3 unspecified atom stereocenters. The first kappa shape index (κ1) is 14.5. The molecule has 1 N–H and O–H groups in total. The van der Waals surface area contributed by atoms with E-state index in [1.807, 2.05) is 7.05 Å². The van der Waals surface area contributed by atoms with Gasteiger partial charge in [0.2, 0.25) is 0 Å². The molecule has 0 aromatic carbocycles. The van der Waals surface area contributed by atoms with E-state index in [4.69, 9.17) is 4.74 Å². The third-order valence-electron chi connectivity index (χ3n) is 3.85. The minimum Gasteiger partial charge on any atom is -0.469 e. The van der Waals surface area contributed by atoms with Crippen molar-refractivity contribution in [3.05, 3.63) is 0 Å². The monoisotopic (exact) mass is 242 g/mol. The summed E-state index contributed by atoms with van der Waals surface area (Å²) >= 11 is 0. The predicted molar refractivity (Wildman–Crippen MR) is 68.8 cm³/mol. The fourth-order valence-corrected chi connectivity index (χ4v) is 2.94. The fourth-order valence-electron chi connectivity index (χ4n) is 2.94. The summed E-state index contributed by atoms with van der Waals surface area (Å²) in [5.74, 6) is 0.692. The third-order valence-corrected chi connectivity index (χ3v) is 3.85. The third kappa shape index (κ3) is 3.42. The molecule has 1 heterocycles. The van der Waals surface area contributed by atoms with Crippen LogP contribution in [-0.2, 0) is 9.53 Å². The van der Waals surface area contributed by atoms with Crippen molar-refractivity contribution in [1.29, 1.82) is 0 Å². The summed E-state index contributed by atoms with van der Waals surface area (Å²) in [6.45, 7) is 6.36. The van der Waals surface area contributed by atoms with Crippen LogP contribution in [0, 0.1) is 17.8 Å². The van der Waals surface area contributed by atoms with Crippen molar-refractivity contribution in [2.75, 3.05) is 34.3 Å². The molecular weight excluding hydrogens is 216 g/mol. The first-order valence-corrected chi connectivity index (χ1v) is 6.44. The van der Waals surface area contributed by atoms with Crippen LogP contribution in [0.25, 0.3) is 0 Å². The van der Waals surface area contributed by atoms with Crippen LogP contribution in [0.3, 0.4) is 0 Å². The first-order chi connectivity index (χ1) is 8.01. The summed E-state index contributed by atoms with van der Waals surface area (Å²) in [7, 11) is 5.56. The van der Waals surface area contributed by atoms with E-state index >= 15 is 0 Å². The lowest BCUT2D eigenvalue weighted by molar-refractivity contribution is -0.148. The first-order valence-electron chi connectivity index (χ1n) is 6.44. The standard InChI is InChI=1S/C13H26N2O2/c1-9(2)11(13(16)17-5)12(14-3)10-6-7-15(4)8-10/h9-12,14H,6-8H2,1-5H3. The SMILES string of the molecule is CNC(C1CCN(C)C1)C(C(=O)OC)C(C)C. The molecule has 100 valence electrons. The highest BCUT2D eigenvalue weighted by Crippen LogP contribution is 2.28. The molecule has 4 nitrogen and oxygen atoms in total. The molecular formula is C13H26N2O2. The zero-order valence-corrected chi connectivity index (χ0v) is 11.7. The van der Waals surface area contributed by atoms with Crippen LogP contribution in [-0.4, -0.2) is 51.2 Å². The average molecular weight is 242 g/mol. The number of rotatable bonds is 5. The zero-order valence-electron chi connectivity index (χ0n) is 11.7. The van der Waals surface area contributed by atoms with E-state index in [9.17, 15) is 4.79 Å². The van der Waals surface area contributed by atoms with Crippen molar-refractivity contribution >= 4 is 5.97 Å². The number of likely N-dealkylation sites (tertiary alicyclic amines) is 1. The van der Waals surface area contributed by atoms with Crippen LogP contribution < -0.4 is 5.32 Å². The van der Waals surface area contributed by atoms with Crippen molar-refractivity contribution < 1.29 is 9.53 Å². The molecule has 1 fully saturated rings. The number of methoxy groups -OCH3 is 1. The number of carbonyl (C=O) groups is 1. The molecule has 0 aromatic rings. The summed E-state index contributed by atoms with van der Waals surface area (Å²) in [6, 6.07) is 0.215. The van der Waals surface area contributed by atoms with Gasteiger partial charge >= 0.3 is 5.97 Å². The van der Waals surface area contributed by atoms with Gasteiger partial charge in [-0.2, -0.15) is 0 Å². The van der Waals surface area contributed by atoms with Crippen molar-refractivity contribution in [1.82, 2.24) is 10.2 Å². The molecule has 3 atom stereocenters. The lowest BCUT2D eigenvalue weighted by Crippen LogP contribution is -2.47. The molecule has 0 bridgehead atoms. The molecule has 0 aliphatic carbocycles. The van der Waals surface area contributed by atoms with Gasteiger partial charge in [-0.15, -0.1) is 0 Å². The maximum Gasteiger partial charge on any atom is 0.310 e. The van der Waals surface area contributed by atoms with Gasteiger partial charge in [0, 0.05) is 12.6 Å².